The molecule has 0 aliphatic rings. The van der Waals surface area contributed by atoms with E-state index in [0.29, 0.717) is 12.2 Å². The summed E-state index contributed by atoms with van der Waals surface area (Å²) >= 11 is 3.87. The van der Waals surface area contributed by atoms with Gasteiger partial charge in [0.1, 0.15) is 5.69 Å². The molecule has 5 heteroatoms. The van der Waals surface area contributed by atoms with Crippen LogP contribution in [0.1, 0.15) is 24.3 Å². The molecule has 0 amide bonds. The Labute approximate surface area is 107 Å². The van der Waals surface area contributed by atoms with E-state index in [1.165, 1.54) is 0 Å². The van der Waals surface area contributed by atoms with Crippen molar-refractivity contribution in [1.82, 2.24) is 4.57 Å². The second-order valence-corrected chi connectivity index (χ2v) is 6.70. The highest BCUT2D eigenvalue weighted by Gasteiger charge is 2.20. The lowest BCUT2D eigenvalue weighted by Gasteiger charge is -2.23. The molecule has 1 heterocycles. The summed E-state index contributed by atoms with van der Waals surface area (Å²) in [6, 6.07) is 1.69. The second-order valence-electron chi connectivity index (χ2n) is 3.94. The number of hydrogen-bond donors (Lipinski definition) is 1. The zero-order valence-electron chi connectivity index (χ0n) is 8.95. The van der Waals surface area contributed by atoms with Crippen molar-refractivity contribution in [2.45, 2.75) is 25.1 Å². The highest BCUT2D eigenvalue weighted by Crippen LogP contribution is 2.25. The molecule has 1 rings (SSSR count). The van der Waals surface area contributed by atoms with Gasteiger partial charge in [-0.2, -0.15) is 11.8 Å². The van der Waals surface area contributed by atoms with Crippen molar-refractivity contribution in [2.24, 2.45) is 0 Å². The van der Waals surface area contributed by atoms with Gasteiger partial charge in [0.2, 0.25) is 0 Å². The fourth-order valence-electron chi connectivity index (χ4n) is 1.26. The maximum atomic E-state index is 11.0. The summed E-state index contributed by atoms with van der Waals surface area (Å²) in [6.07, 6.45) is 3.91. The first-order valence-corrected chi connectivity index (χ1v) is 6.80. The van der Waals surface area contributed by atoms with Gasteiger partial charge in [-0.3, -0.25) is 0 Å². The van der Waals surface area contributed by atoms with Crippen molar-refractivity contribution in [3.63, 3.8) is 0 Å². The second kappa shape index (κ2) is 4.78. The summed E-state index contributed by atoms with van der Waals surface area (Å²) in [7, 11) is 0. The standard InChI is InChI=1S/C10H14INO2S/c1-10(2,15-3)6-12-5-7(11)4-8(12)9(13)14/h4-5H,6H2,1-3H3,(H,13,14). The first-order valence-electron chi connectivity index (χ1n) is 4.50. The lowest BCUT2D eigenvalue weighted by molar-refractivity contribution is 0.0684. The molecular formula is C10H14INO2S. The number of halogens is 1. The van der Waals surface area contributed by atoms with Gasteiger partial charge in [0, 0.05) is 21.1 Å². The SMILES string of the molecule is CSC(C)(C)Cn1cc(I)cc1C(=O)O. The van der Waals surface area contributed by atoms with Crippen LogP contribution in [0.5, 0.6) is 0 Å². The van der Waals surface area contributed by atoms with Crippen LogP contribution in [0.15, 0.2) is 12.3 Å². The Bertz CT molecular complexity index is 373. The minimum atomic E-state index is -0.866. The number of carboxylic acid groups (broad SMARTS) is 1. The maximum absolute atomic E-state index is 11.0. The van der Waals surface area contributed by atoms with Crippen molar-refractivity contribution in [1.29, 1.82) is 0 Å². The molecule has 0 radical (unpaired) electrons. The average Bonchev–Trinajstić information content (AvgIpc) is 2.46. The van der Waals surface area contributed by atoms with Crippen molar-refractivity contribution in [3.8, 4) is 0 Å². The first kappa shape index (κ1) is 12.9. The van der Waals surface area contributed by atoms with Gasteiger partial charge in [-0.25, -0.2) is 4.79 Å². The molecule has 84 valence electrons. The number of carbonyl (C=O) groups is 1. The van der Waals surface area contributed by atoms with Gasteiger partial charge < -0.3 is 9.67 Å². The van der Waals surface area contributed by atoms with Crippen LogP contribution in [0, 0.1) is 3.57 Å². The van der Waals surface area contributed by atoms with Gasteiger partial charge in [0.25, 0.3) is 0 Å². The molecule has 0 saturated carbocycles. The predicted molar refractivity (Wildman–Crippen MR) is 71.7 cm³/mol. The van der Waals surface area contributed by atoms with E-state index in [0.717, 1.165) is 3.57 Å². The Balaban J connectivity index is 2.99. The third-order valence-electron chi connectivity index (χ3n) is 2.19. The summed E-state index contributed by atoms with van der Waals surface area (Å²) < 4.78 is 2.81. The fourth-order valence-corrected chi connectivity index (χ4v) is 2.16. The zero-order chi connectivity index (χ0) is 11.6. The summed E-state index contributed by atoms with van der Waals surface area (Å²) in [5, 5.41) is 9.02. The molecule has 1 N–H and O–H groups in total. The van der Waals surface area contributed by atoms with E-state index in [2.05, 4.69) is 36.4 Å². The normalized spacial score (nSPS) is 11.7. The van der Waals surface area contributed by atoms with Crippen LogP contribution in [-0.2, 0) is 6.54 Å². The first-order chi connectivity index (χ1) is 6.85. The molecule has 1 aromatic heterocycles. The van der Waals surface area contributed by atoms with E-state index in [9.17, 15) is 4.79 Å². The number of thioether (sulfide) groups is 1. The monoisotopic (exact) mass is 339 g/mol. The molecule has 15 heavy (non-hydrogen) atoms. The molecule has 0 fully saturated rings. The maximum Gasteiger partial charge on any atom is 0.352 e. The van der Waals surface area contributed by atoms with Crippen molar-refractivity contribution >= 4 is 40.3 Å². The molecule has 0 bridgehead atoms. The Morgan fingerprint density at radius 1 is 1.67 bits per heavy atom. The van der Waals surface area contributed by atoms with Gasteiger partial charge >= 0.3 is 5.97 Å². The minimum absolute atomic E-state index is 0.0479. The molecule has 0 aliphatic carbocycles. The molecule has 3 nitrogen and oxygen atoms in total. The number of hydrogen-bond acceptors (Lipinski definition) is 2. The van der Waals surface area contributed by atoms with Crippen LogP contribution in [-0.4, -0.2) is 26.6 Å². The van der Waals surface area contributed by atoms with Crippen LogP contribution >= 0.6 is 34.4 Å². The lowest BCUT2D eigenvalue weighted by atomic mass is 10.2. The van der Waals surface area contributed by atoms with E-state index in [1.54, 1.807) is 22.4 Å². The van der Waals surface area contributed by atoms with E-state index >= 15 is 0 Å². The Hall–Kier alpha value is -0.170. The highest BCUT2D eigenvalue weighted by molar-refractivity contribution is 14.1. The number of nitrogens with zero attached hydrogens (tertiary/aromatic N) is 1. The smallest absolute Gasteiger partial charge is 0.352 e. The van der Waals surface area contributed by atoms with Crippen LogP contribution in [0.3, 0.4) is 0 Å². The quantitative estimate of drug-likeness (QED) is 0.858. The molecule has 0 atom stereocenters. The molecular weight excluding hydrogens is 325 g/mol. The summed E-state index contributed by atoms with van der Waals surface area (Å²) in [6.45, 7) is 4.92. The third-order valence-corrected chi connectivity index (χ3v) is 4.01. The van der Waals surface area contributed by atoms with E-state index in [4.69, 9.17) is 5.11 Å². The Morgan fingerprint density at radius 2 is 2.27 bits per heavy atom. The average molecular weight is 339 g/mol. The van der Waals surface area contributed by atoms with Crippen molar-refractivity contribution < 1.29 is 9.90 Å². The number of carboxylic acids is 1. The highest BCUT2D eigenvalue weighted by atomic mass is 127. The molecule has 0 aliphatic heterocycles. The van der Waals surface area contributed by atoms with E-state index < -0.39 is 5.97 Å². The molecule has 1 aromatic rings. The van der Waals surface area contributed by atoms with Crippen LogP contribution in [0.2, 0.25) is 0 Å². The molecule has 0 spiro atoms. The summed E-state index contributed by atoms with van der Waals surface area (Å²) in [5.41, 5.74) is 0.363. The van der Waals surface area contributed by atoms with Gasteiger partial charge in [0.15, 0.2) is 0 Å². The molecule has 0 saturated heterocycles. The van der Waals surface area contributed by atoms with Crippen molar-refractivity contribution in [3.05, 3.63) is 21.5 Å². The van der Waals surface area contributed by atoms with E-state index in [1.807, 2.05) is 12.5 Å². The number of aromatic nitrogens is 1. The zero-order valence-corrected chi connectivity index (χ0v) is 11.9. The number of aromatic carboxylic acids is 1. The summed E-state index contributed by atoms with van der Waals surface area (Å²) in [5.74, 6) is -0.866. The van der Waals surface area contributed by atoms with Gasteiger partial charge in [-0.15, -0.1) is 0 Å². The summed E-state index contributed by atoms with van der Waals surface area (Å²) in [4.78, 5) is 11.0. The van der Waals surface area contributed by atoms with Gasteiger partial charge in [0.05, 0.1) is 0 Å². The predicted octanol–water partition coefficient (Wildman–Crippen LogP) is 2.93. The van der Waals surface area contributed by atoms with Crippen LogP contribution in [0.25, 0.3) is 0 Å². The van der Waals surface area contributed by atoms with E-state index in [-0.39, 0.29) is 4.75 Å². The minimum Gasteiger partial charge on any atom is -0.477 e. The molecule has 0 aromatic carbocycles. The number of rotatable bonds is 4. The van der Waals surface area contributed by atoms with Gasteiger partial charge in [-0.1, -0.05) is 0 Å². The third kappa shape index (κ3) is 3.41. The lowest BCUT2D eigenvalue weighted by Crippen LogP contribution is -2.24. The Morgan fingerprint density at radius 3 is 2.73 bits per heavy atom. The van der Waals surface area contributed by atoms with Crippen molar-refractivity contribution in [2.75, 3.05) is 6.26 Å². The fraction of sp³-hybridized carbons (Fsp3) is 0.500. The van der Waals surface area contributed by atoms with Gasteiger partial charge in [-0.05, 0) is 48.8 Å². The van der Waals surface area contributed by atoms with Crippen LogP contribution < -0.4 is 0 Å². The largest absolute Gasteiger partial charge is 0.477 e. The Kier molecular flexibility index (Phi) is 4.11. The van der Waals surface area contributed by atoms with Crippen LogP contribution in [0.4, 0.5) is 0 Å². The topological polar surface area (TPSA) is 42.2 Å². The molecule has 0 unspecified atom stereocenters.